The fraction of sp³-hybridized carbons (Fsp3) is 0.294. The summed E-state index contributed by atoms with van der Waals surface area (Å²) >= 11 is 0. The molecule has 0 saturated carbocycles. The molecule has 1 atom stereocenters. The number of nitrogens with one attached hydrogen (secondary N) is 1. The highest BCUT2D eigenvalue weighted by molar-refractivity contribution is 6.04. The molecule has 1 amide bonds. The van der Waals surface area contributed by atoms with Crippen molar-refractivity contribution in [3.05, 3.63) is 50.2 Å². The Hall–Kier alpha value is -3.56. The van der Waals surface area contributed by atoms with Gasteiger partial charge < -0.3 is 14.6 Å². The number of carbonyl (C=O) groups is 1. The Balaban J connectivity index is 1.77. The number of hydrogen-bond acceptors (Lipinski definition) is 7. The van der Waals surface area contributed by atoms with Gasteiger partial charge in [-0.05, 0) is 17.7 Å². The van der Waals surface area contributed by atoms with Crippen LogP contribution in [0.3, 0.4) is 0 Å². The highest BCUT2D eigenvalue weighted by Gasteiger charge is 2.35. The number of aromatic hydroxyl groups is 1. The Morgan fingerprint density at radius 3 is 2.78 bits per heavy atom. The fourth-order valence-corrected chi connectivity index (χ4v) is 3.20. The minimum absolute atomic E-state index is 0.128. The van der Waals surface area contributed by atoms with Crippen LogP contribution in [0, 0.1) is 0 Å². The topological polar surface area (TPSA) is 126 Å². The quantitative estimate of drug-likeness (QED) is 0.776. The molecule has 0 saturated heterocycles. The monoisotopic (exact) mass is 372 g/mol. The standard InChI is InChI=1S/C17H16N4O6/c1-8(22)21-11(9-3-4-12-13(5-9)27-7-26-12)6-10(19-21)14-15(23)18-17(25)20(2)16(14)24/h3-5,11,24H,6-7H2,1-2H3,(H,18,23,25)/t11-/m1/s1. The number of H-pyrrole nitrogens is 1. The molecule has 10 heteroatoms. The molecule has 0 fully saturated rings. The van der Waals surface area contributed by atoms with Gasteiger partial charge in [0.1, 0.15) is 5.56 Å². The van der Waals surface area contributed by atoms with Crippen LogP contribution < -0.4 is 20.7 Å². The molecule has 0 unspecified atom stereocenters. The van der Waals surface area contributed by atoms with E-state index in [1.807, 2.05) is 0 Å². The first-order chi connectivity index (χ1) is 12.9. The predicted octanol–water partition coefficient (Wildman–Crippen LogP) is 0.205. The van der Waals surface area contributed by atoms with Gasteiger partial charge in [-0.15, -0.1) is 0 Å². The van der Waals surface area contributed by atoms with E-state index in [-0.39, 0.29) is 30.4 Å². The highest BCUT2D eigenvalue weighted by atomic mass is 16.7. The van der Waals surface area contributed by atoms with Gasteiger partial charge in [0.05, 0.1) is 11.8 Å². The maximum Gasteiger partial charge on any atom is 0.330 e. The van der Waals surface area contributed by atoms with Gasteiger partial charge in [-0.25, -0.2) is 9.80 Å². The third-order valence-corrected chi connectivity index (χ3v) is 4.60. The number of fused-ring (bicyclic) bond motifs is 1. The van der Waals surface area contributed by atoms with Crippen LogP contribution in [0.5, 0.6) is 17.4 Å². The van der Waals surface area contributed by atoms with Crippen molar-refractivity contribution in [1.29, 1.82) is 0 Å². The molecule has 140 valence electrons. The zero-order valence-electron chi connectivity index (χ0n) is 14.6. The number of aromatic amines is 1. The Labute approximate surface area is 152 Å². The van der Waals surface area contributed by atoms with Gasteiger partial charge in [0, 0.05) is 20.4 Å². The number of amides is 1. The minimum Gasteiger partial charge on any atom is -0.494 e. The number of rotatable bonds is 2. The molecule has 1 aromatic carbocycles. The number of aromatic nitrogens is 2. The summed E-state index contributed by atoms with van der Waals surface area (Å²) in [6.45, 7) is 1.49. The highest BCUT2D eigenvalue weighted by Crippen LogP contribution is 2.39. The first kappa shape index (κ1) is 16.9. The molecular formula is C17H16N4O6. The van der Waals surface area contributed by atoms with E-state index in [4.69, 9.17) is 9.47 Å². The predicted molar refractivity (Wildman–Crippen MR) is 92.9 cm³/mol. The molecule has 3 heterocycles. The molecule has 2 N–H and O–H groups in total. The van der Waals surface area contributed by atoms with Crippen LogP contribution in [0.4, 0.5) is 0 Å². The second-order valence-electron chi connectivity index (χ2n) is 6.26. The van der Waals surface area contributed by atoms with Gasteiger partial charge in [0.25, 0.3) is 5.56 Å². The smallest absolute Gasteiger partial charge is 0.330 e. The van der Waals surface area contributed by atoms with Crippen molar-refractivity contribution in [2.75, 3.05) is 6.79 Å². The first-order valence-electron chi connectivity index (χ1n) is 8.16. The van der Waals surface area contributed by atoms with Crippen LogP contribution in [-0.2, 0) is 11.8 Å². The zero-order chi connectivity index (χ0) is 19.3. The summed E-state index contributed by atoms with van der Waals surface area (Å²) < 4.78 is 11.6. The van der Waals surface area contributed by atoms with Crippen LogP contribution in [-0.4, -0.2) is 38.1 Å². The van der Waals surface area contributed by atoms with Gasteiger partial charge in [0.2, 0.25) is 18.6 Å². The molecule has 0 bridgehead atoms. The van der Waals surface area contributed by atoms with Gasteiger partial charge >= 0.3 is 5.69 Å². The Bertz CT molecular complexity index is 1100. The van der Waals surface area contributed by atoms with Crippen molar-refractivity contribution < 1.29 is 19.4 Å². The lowest BCUT2D eigenvalue weighted by atomic mass is 9.99. The van der Waals surface area contributed by atoms with Crippen LogP contribution in [0.25, 0.3) is 0 Å². The van der Waals surface area contributed by atoms with E-state index in [9.17, 15) is 19.5 Å². The summed E-state index contributed by atoms with van der Waals surface area (Å²) in [7, 11) is 1.32. The van der Waals surface area contributed by atoms with Gasteiger partial charge in [0.15, 0.2) is 11.5 Å². The molecule has 10 nitrogen and oxygen atoms in total. The lowest BCUT2D eigenvalue weighted by Crippen LogP contribution is -2.32. The van der Waals surface area contributed by atoms with Gasteiger partial charge in [-0.2, -0.15) is 5.10 Å². The second-order valence-corrected chi connectivity index (χ2v) is 6.26. The molecule has 2 aromatic rings. The average Bonchev–Trinajstić information content (AvgIpc) is 3.26. The molecule has 0 spiro atoms. The van der Waals surface area contributed by atoms with E-state index in [0.717, 1.165) is 10.1 Å². The summed E-state index contributed by atoms with van der Waals surface area (Å²) in [6.07, 6.45) is 0.189. The Morgan fingerprint density at radius 2 is 2.04 bits per heavy atom. The molecule has 2 aliphatic heterocycles. The number of nitrogens with zero attached hydrogens (tertiary/aromatic N) is 3. The number of ether oxygens (including phenoxy) is 2. The van der Waals surface area contributed by atoms with E-state index in [1.165, 1.54) is 19.0 Å². The molecule has 4 rings (SSSR count). The Morgan fingerprint density at radius 1 is 1.30 bits per heavy atom. The summed E-state index contributed by atoms with van der Waals surface area (Å²) in [5, 5.41) is 15.7. The molecule has 1 aromatic heterocycles. The van der Waals surface area contributed by atoms with E-state index in [0.29, 0.717) is 11.5 Å². The van der Waals surface area contributed by atoms with Gasteiger partial charge in [-0.3, -0.25) is 19.1 Å². The van der Waals surface area contributed by atoms with E-state index < -0.39 is 23.2 Å². The SMILES string of the molecule is CC(=O)N1N=C(c2c(O)n(C)c(=O)[nH]c2=O)C[C@@H]1c1ccc2c(c1)OCO2. The molecule has 27 heavy (non-hydrogen) atoms. The van der Waals surface area contributed by atoms with E-state index in [1.54, 1.807) is 18.2 Å². The zero-order valence-corrected chi connectivity index (χ0v) is 14.6. The van der Waals surface area contributed by atoms with Crippen molar-refractivity contribution in [1.82, 2.24) is 14.6 Å². The molecular weight excluding hydrogens is 356 g/mol. The number of hydrogen-bond donors (Lipinski definition) is 2. The van der Waals surface area contributed by atoms with Crippen molar-refractivity contribution in [2.45, 2.75) is 19.4 Å². The van der Waals surface area contributed by atoms with Crippen molar-refractivity contribution >= 4 is 11.6 Å². The maximum atomic E-state index is 12.2. The van der Waals surface area contributed by atoms with Crippen LogP contribution in [0.1, 0.15) is 30.5 Å². The average molecular weight is 372 g/mol. The van der Waals surface area contributed by atoms with Crippen molar-refractivity contribution in [2.24, 2.45) is 12.1 Å². The largest absolute Gasteiger partial charge is 0.494 e. The summed E-state index contributed by atoms with van der Waals surface area (Å²) in [4.78, 5) is 38.1. The summed E-state index contributed by atoms with van der Waals surface area (Å²) in [5.74, 6) is 0.345. The minimum atomic E-state index is -0.760. The van der Waals surface area contributed by atoms with Crippen LogP contribution in [0.15, 0.2) is 32.9 Å². The lowest BCUT2D eigenvalue weighted by molar-refractivity contribution is -0.130. The fourth-order valence-electron chi connectivity index (χ4n) is 3.20. The summed E-state index contributed by atoms with van der Waals surface area (Å²) in [5.41, 5.74) is -0.678. The van der Waals surface area contributed by atoms with Crippen molar-refractivity contribution in [3.8, 4) is 17.4 Å². The second kappa shape index (κ2) is 6.01. The molecule has 2 aliphatic rings. The first-order valence-corrected chi connectivity index (χ1v) is 8.16. The normalized spacial score (nSPS) is 17.9. The lowest BCUT2D eigenvalue weighted by Gasteiger charge is -2.20. The van der Waals surface area contributed by atoms with Crippen LogP contribution >= 0.6 is 0 Å². The Kier molecular flexibility index (Phi) is 3.76. The van der Waals surface area contributed by atoms with Crippen LogP contribution in [0.2, 0.25) is 0 Å². The summed E-state index contributed by atoms with van der Waals surface area (Å²) in [6, 6.07) is 4.80. The third-order valence-electron chi connectivity index (χ3n) is 4.60. The number of hydrazone groups is 1. The van der Waals surface area contributed by atoms with E-state index >= 15 is 0 Å². The number of benzene rings is 1. The number of carbonyl (C=O) groups excluding carboxylic acids is 1. The van der Waals surface area contributed by atoms with Gasteiger partial charge in [-0.1, -0.05) is 6.07 Å². The third kappa shape index (κ3) is 2.65. The molecule has 0 aliphatic carbocycles. The maximum absolute atomic E-state index is 12.2. The molecule has 0 radical (unpaired) electrons. The van der Waals surface area contributed by atoms with E-state index in [2.05, 4.69) is 10.1 Å². The van der Waals surface area contributed by atoms with Crippen molar-refractivity contribution in [3.63, 3.8) is 0 Å².